The topological polar surface area (TPSA) is 26.3 Å². The van der Waals surface area contributed by atoms with Gasteiger partial charge in [-0.3, -0.25) is 4.79 Å². The van der Waals surface area contributed by atoms with E-state index in [0.717, 1.165) is 4.88 Å². The molecular formula is C10H10O2S2. The first-order valence-corrected chi connectivity index (χ1v) is 6.09. The van der Waals surface area contributed by atoms with Crippen LogP contribution in [0, 0.1) is 0 Å². The fourth-order valence-corrected chi connectivity index (χ4v) is 3.20. The van der Waals surface area contributed by atoms with Gasteiger partial charge in [-0.05, 0) is 24.4 Å². The van der Waals surface area contributed by atoms with Crippen molar-refractivity contribution in [3.8, 4) is 0 Å². The van der Waals surface area contributed by atoms with Crippen LogP contribution < -0.4 is 0 Å². The van der Waals surface area contributed by atoms with Gasteiger partial charge in [-0.2, -0.15) is 0 Å². The highest BCUT2D eigenvalue weighted by molar-refractivity contribution is 7.27. The molecule has 2 aromatic rings. The van der Waals surface area contributed by atoms with Crippen molar-refractivity contribution in [2.75, 3.05) is 13.2 Å². The molecule has 0 saturated carbocycles. The van der Waals surface area contributed by atoms with E-state index in [4.69, 9.17) is 4.74 Å². The first kappa shape index (κ1) is 9.83. The van der Waals surface area contributed by atoms with Gasteiger partial charge in [-0.1, -0.05) is 0 Å². The number of carbonyl (C=O) groups excluding carboxylic acids is 1. The monoisotopic (exact) mass is 226 g/mol. The average molecular weight is 226 g/mol. The lowest BCUT2D eigenvalue weighted by atomic mass is 10.3. The van der Waals surface area contributed by atoms with E-state index in [1.807, 2.05) is 24.4 Å². The molecule has 0 radical (unpaired) electrons. The van der Waals surface area contributed by atoms with Crippen molar-refractivity contribution in [1.82, 2.24) is 0 Å². The highest BCUT2D eigenvalue weighted by Crippen LogP contribution is 2.30. The predicted molar refractivity (Wildman–Crippen MR) is 60.5 cm³/mol. The number of Topliss-reactive ketones (excluding diaryl/α,β-unsaturated/α-hetero) is 1. The summed E-state index contributed by atoms with van der Waals surface area (Å²) in [6.07, 6.45) is 0. The van der Waals surface area contributed by atoms with Crippen LogP contribution in [0.1, 0.15) is 16.6 Å². The minimum Gasteiger partial charge on any atom is -0.374 e. The number of ketones is 1. The molecule has 0 aromatic carbocycles. The zero-order valence-electron chi connectivity index (χ0n) is 7.78. The Morgan fingerprint density at radius 1 is 1.50 bits per heavy atom. The molecule has 0 atom stereocenters. The third-order valence-electron chi connectivity index (χ3n) is 1.85. The van der Waals surface area contributed by atoms with Gasteiger partial charge in [-0.15, -0.1) is 22.7 Å². The van der Waals surface area contributed by atoms with Gasteiger partial charge in [0, 0.05) is 16.0 Å². The smallest absolute Gasteiger partial charge is 0.198 e. The molecular weight excluding hydrogens is 216 g/mol. The summed E-state index contributed by atoms with van der Waals surface area (Å²) in [6, 6.07) is 3.99. The van der Waals surface area contributed by atoms with Gasteiger partial charge in [0.15, 0.2) is 5.78 Å². The number of fused-ring (bicyclic) bond motifs is 1. The molecule has 0 bridgehead atoms. The fraction of sp³-hybridized carbons (Fsp3) is 0.300. The van der Waals surface area contributed by atoms with Gasteiger partial charge in [0.05, 0.1) is 4.88 Å². The lowest BCUT2D eigenvalue weighted by Gasteiger charge is -1.96. The predicted octanol–water partition coefficient (Wildman–Crippen LogP) is 3.18. The van der Waals surface area contributed by atoms with Crippen molar-refractivity contribution in [1.29, 1.82) is 0 Å². The molecule has 0 aliphatic heterocycles. The van der Waals surface area contributed by atoms with Crippen LogP contribution in [-0.4, -0.2) is 19.0 Å². The Hall–Kier alpha value is -0.710. The lowest BCUT2D eigenvalue weighted by molar-refractivity contribution is 0.0787. The quantitative estimate of drug-likeness (QED) is 0.748. The average Bonchev–Trinajstić information content (AvgIpc) is 2.72. The minimum atomic E-state index is 0.0836. The van der Waals surface area contributed by atoms with Gasteiger partial charge in [0.25, 0.3) is 0 Å². The molecule has 2 rings (SSSR count). The molecule has 0 amide bonds. The first-order valence-electron chi connectivity index (χ1n) is 4.39. The number of thiophene rings is 2. The summed E-state index contributed by atoms with van der Waals surface area (Å²) in [4.78, 5) is 12.4. The summed E-state index contributed by atoms with van der Waals surface area (Å²) in [5.74, 6) is 0.0836. The first-order chi connectivity index (χ1) is 6.81. The van der Waals surface area contributed by atoms with Crippen LogP contribution in [0.25, 0.3) is 9.40 Å². The minimum absolute atomic E-state index is 0.0836. The van der Waals surface area contributed by atoms with E-state index in [2.05, 4.69) is 0 Å². The molecule has 0 aliphatic rings. The van der Waals surface area contributed by atoms with E-state index in [9.17, 15) is 4.79 Å². The zero-order valence-corrected chi connectivity index (χ0v) is 9.41. The molecule has 0 saturated heterocycles. The number of ether oxygens (including phenoxy) is 1. The van der Waals surface area contributed by atoms with E-state index >= 15 is 0 Å². The standard InChI is InChI=1S/C10H10O2S2/c1-2-12-6-7(11)9-5-10-8(14-9)3-4-13-10/h3-5H,2,6H2,1H3. The zero-order chi connectivity index (χ0) is 9.97. The molecule has 0 fully saturated rings. The van der Waals surface area contributed by atoms with Gasteiger partial charge in [0.2, 0.25) is 0 Å². The fourth-order valence-electron chi connectivity index (χ4n) is 1.17. The van der Waals surface area contributed by atoms with Crippen LogP contribution in [-0.2, 0) is 4.74 Å². The van der Waals surface area contributed by atoms with E-state index in [1.165, 1.54) is 9.40 Å². The van der Waals surface area contributed by atoms with Crippen molar-refractivity contribution in [3.63, 3.8) is 0 Å². The van der Waals surface area contributed by atoms with Crippen LogP contribution in [0.5, 0.6) is 0 Å². The van der Waals surface area contributed by atoms with Gasteiger partial charge in [-0.25, -0.2) is 0 Å². The van der Waals surface area contributed by atoms with E-state index in [-0.39, 0.29) is 12.4 Å². The van der Waals surface area contributed by atoms with Crippen LogP contribution in [0.15, 0.2) is 17.5 Å². The van der Waals surface area contributed by atoms with Gasteiger partial charge < -0.3 is 4.74 Å². The molecule has 74 valence electrons. The number of carbonyl (C=O) groups is 1. The Balaban J connectivity index is 2.18. The summed E-state index contributed by atoms with van der Waals surface area (Å²) < 4.78 is 7.46. The van der Waals surface area contributed by atoms with Crippen molar-refractivity contribution >= 4 is 37.9 Å². The molecule has 2 aromatic heterocycles. The second-order valence-electron chi connectivity index (χ2n) is 2.82. The summed E-state index contributed by atoms with van der Waals surface area (Å²) in [5.41, 5.74) is 0. The molecule has 4 heteroatoms. The van der Waals surface area contributed by atoms with Crippen molar-refractivity contribution in [2.45, 2.75) is 6.92 Å². The van der Waals surface area contributed by atoms with Gasteiger partial charge >= 0.3 is 0 Å². The molecule has 0 unspecified atom stereocenters. The van der Waals surface area contributed by atoms with Crippen LogP contribution >= 0.6 is 22.7 Å². The normalized spacial score (nSPS) is 10.9. The summed E-state index contributed by atoms with van der Waals surface area (Å²) in [6.45, 7) is 2.68. The number of hydrogen-bond donors (Lipinski definition) is 0. The second kappa shape index (κ2) is 4.21. The van der Waals surface area contributed by atoms with E-state index in [1.54, 1.807) is 22.7 Å². The van der Waals surface area contributed by atoms with Crippen LogP contribution in [0.2, 0.25) is 0 Å². The number of hydrogen-bond acceptors (Lipinski definition) is 4. The van der Waals surface area contributed by atoms with Gasteiger partial charge in [0.1, 0.15) is 6.61 Å². The third-order valence-corrected chi connectivity index (χ3v) is 3.99. The van der Waals surface area contributed by atoms with Crippen LogP contribution in [0.3, 0.4) is 0 Å². The highest BCUT2D eigenvalue weighted by atomic mass is 32.1. The number of rotatable bonds is 4. The molecule has 14 heavy (non-hydrogen) atoms. The Kier molecular flexibility index (Phi) is 2.96. The van der Waals surface area contributed by atoms with Crippen molar-refractivity contribution in [2.24, 2.45) is 0 Å². The van der Waals surface area contributed by atoms with Crippen LogP contribution in [0.4, 0.5) is 0 Å². The van der Waals surface area contributed by atoms with Crippen molar-refractivity contribution in [3.05, 3.63) is 22.4 Å². The Labute approximate surface area is 90.1 Å². The molecule has 0 N–H and O–H groups in total. The summed E-state index contributed by atoms with van der Waals surface area (Å²) >= 11 is 3.21. The summed E-state index contributed by atoms with van der Waals surface area (Å²) in [7, 11) is 0. The Morgan fingerprint density at radius 3 is 3.07 bits per heavy atom. The Morgan fingerprint density at radius 2 is 2.36 bits per heavy atom. The third kappa shape index (κ3) is 1.87. The Bertz CT molecular complexity index is 413. The van der Waals surface area contributed by atoms with Crippen molar-refractivity contribution < 1.29 is 9.53 Å². The SMILES string of the molecule is CCOCC(=O)c1cc2sccc2s1. The summed E-state index contributed by atoms with van der Waals surface area (Å²) in [5, 5.41) is 2.04. The maximum absolute atomic E-state index is 11.6. The lowest BCUT2D eigenvalue weighted by Crippen LogP contribution is -2.06. The molecule has 0 spiro atoms. The highest BCUT2D eigenvalue weighted by Gasteiger charge is 2.10. The largest absolute Gasteiger partial charge is 0.374 e. The molecule has 0 aliphatic carbocycles. The molecule has 2 nitrogen and oxygen atoms in total. The van der Waals surface area contributed by atoms with E-state index < -0.39 is 0 Å². The van der Waals surface area contributed by atoms with E-state index in [0.29, 0.717) is 6.61 Å². The maximum Gasteiger partial charge on any atom is 0.198 e. The molecule has 2 heterocycles. The second-order valence-corrected chi connectivity index (χ2v) is 4.85. The maximum atomic E-state index is 11.6.